The van der Waals surface area contributed by atoms with Crippen LogP contribution in [-0.4, -0.2) is 52.4 Å². The predicted molar refractivity (Wildman–Crippen MR) is 108 cm³/mol. The van der Waals surface area contributed by atoms with E-state index in [1.54, 1.807) is 0 Å². The highest BCUT2D eigenvalue weighted by atomic mass is 35.6. The minimum absolute atomic E-state index is 0.0905. The van der Waals surface area contributed by atoms with Gasteiger partial charge in [-0.25, -0.2) is 0 Å². The van der Waals surface area contributed by atoms with Crippen LogP contribution in [0.3, 0.4) is 0 Å². The maximum Gasteiger partial charge on any atom is 0.193 e. The lowest BCUT2D eigenvalue weighted by molar-refractivity contribution is 0.0781. The minimum Gasteiger partial charge on any atom is -0.371 e. The van der Waals surface area contributed by atoms with Crippen molar-refractivity contribution in [2.45, 2.75) is 39.2 Å². The Kier molecular flexibility index (Phi) is 9.58. The Bertz CT molecular complexity index is 436. The first-order valence-electron chi connectivity index (χ1n) is 5.91. The lowest BCUT2D eigenvalue weighted by atomic mass is 10.1. The van der Waals surface area contributed by atoms with Crippen molar-refractivity contribution in [1.29, 1.82) is 0 Å². The van der Waals surface area contributed by atoms with Gasteiger partial charge < -0.3 is 9.47 Å². The van der Waals surface area contributed by atoms with E-state index >= 15 is 0 Å². The van der Waals surface area contributed by atoms with Gasteiger partial charge in [0.15, 0.2) is 22.9 Å². The Morgan fingerprint density at radius 3 is 1.62 bits per heavy atom. The number of rotatable bonds is 9. The highest BCUT2D eigenvalue weighted by Gasteiger charge is 2.72. The molecule has 0 spiro atoms. The molecule has 0 N–H and O–H groups in total. The van der Waals surface area contributed by atoms with Crippen molar-refractivity contribution in [2.75, 3.05) is 13.2 Å². The Morgan fingerprint density at radius 2 is 1.25 bits per heavy atom. The molecule has 2 nitrogen and oxygen atoms in total. The third kappa shape index (κ3) is 5.11. The van der Waals surface area contributed by atoms with E-state index in [4.69, 9.17) is 149 Å². The molecular weight excluding hydrogens is 578 g/mol. The topological polar surface area (TPSA) is 21.8 Å². The van der Waals surface area contributed by atoms with E-state index < -0.39 is 33.1 Å². The van der Waals surface area contributed by atoms with Gasteiger partial charge in [0.05, 0.1) is 18.6 Å². The number of alkyl halides is 12. The summed E-state index contributed by atoms with van der Waals surface area (Å²) in [5, 5.41) is -1.41. The van der Waals surface area contributed by atoms with Crippen LogP contribution in [0.25, 0.3) is 0 Å². The number of ether oxygens (including phenoxy) is 2. The number of halogens is 12. The molecule has 0 aliphatic carbocycles. The van der Waals surface area contributed by atoms with Crippen LogP contribution in [0.1, 0.15) is 0 Å². The van der Waals surface area contributed by atoms with Crippen LogP contribution in [0.5, 0.6) is 0 Å². The second-order valence-corrected chi connectivity index (χ2v) is 12.2. The molecule has 3 atom stereocenters. The third-order valence-corrected chi connectivity index (χ3v) is 10.6. The van der Waals surface area contributed by atoms with Crippen molar-refractivity contribution in [3.8, 4) is 0 Å². The van der Waals surface area contributed by atoms with Crippen LogP contribution in [0, 0.1) is 0 Å². The molecule has 0 radical (unpaired) electrons. The van der Waals surface area contributed by atoms with Crippen LogP contribution in [0.2, 0.25) is 0 Å². The van der Waals surface area contributed by atoms with Gasteiger partial charge in [-0.3, -0.25) is 0 Å². The van der Waals surface area contributed by atoms with Gasteiger partial charge in [-0.15, -0.1) is 34.8 Å². The number of epoxide rings is 1. The highest BCUT2D eigenvalue weighted by Crippen LogP contribution is 2.64. The summed E-state index contributed by atoms with van der Waals surface area (Å²) in [5.74, 6) is 0. The molecule has 144 valence electrons. The monoisotopic (exact) mass is 580 g/mol. The Hall–Kier alpha value is 3.40. The number of hydrogen-bond donors (Lipinski definition) is 0. The summed E-state index contributed by atoms with van der Waals surface area (Å²) in [7, 11) is 0. The molecule has 1 saturated heterocycles. The fourth-order valence-corrected chi connectivity index (χ4v) is 4.97. The van der Waals surface area contributed by atoms with Crippen molar-refractivity contribution in [2.24, 2.45) is 0 Å². The summed E-state index contributed by atoms with van der Waals surface area (Å²) in [6.07, 6.45) is -0.132. The molecule has 14 heteroatoms. The molecule has 1 heterocycles. The van der Waals surface area contributed by atoms with Crippen LogP contribution in [0.15, 0.2) is 0 Å². The molecule has 0 amide bonds. The summed E-state index contributed by atoms with van der Waals surface area (Å²) in [5.41, 5.74) is -1.46. The maximum atomic E-state index is 6.21. The molecule has 24 heavy (non-hydrogen) atoms. The van der Waals surface area contributed by atoms with Gasteiger partial charge in [-0.2, -0.15) is 0 Å². The maximum absolute atomic E-state index is 6.21. The van der Waals surface area contributed by atoms with E-state index in [2.05, 4.69) is 0 Å². The predicted octanol–water partition coefficient (Wildman–Crippen LogP) is 7.07. The summed E-state index contributed by atoms with van der Waals surface area (Å²) in [4.78, 5) is -1.28. The van der Waals surface area contributed by atoms with Gasteiger partial charge in [0, 0.05) is 0 Å². The van der Waals surface area contributed by atoms with Gasteiger partial charge in [-0.05, 0) is 0 Å². The van der Waals surface area contributed by atoms with Gasteiger partial charge in [0.1, 0.15) is 10.9 Å². The van der Waals surface area contributed by atoms with Crippen molar-refractivity contribution in [1.82, 2.24) is 0 Å². The van der Waals surface area contributed by atoms with E-state index in [0.717, 1.165) is 0 Å². The molecule has 1 fully saturated rings. The smallest absolute Gasteiger partial charge is 0.193 e. The first-order chi connectivity index (χ1) is 10.6. The van der Waals surface area contributed by atoms with E-state index in [0.29, 0.717) is 6.61 Å². The van der Waals surface area contributed by atoms with E-state index in [9.17, 15) is 0 Å². The Labute approximate surface area is 199 Å². The summed E-state index contributed by atoms with van der Waals surface area (Å²) >= 11 is 72.7. The van der Waals surface area contributed by atoms with Gasteiger partial charge >= 0.3 is 0 Å². The third-order valence-electron chi connectivity index (χ3n) is 2.92. The second-order valence-electron chi connectivity index (χ2n) is 4.74. The second kappa shape index (κ2) is 9.04. The fraction of sp³-hybridized carbons (Fsp3) is 1.00. The van der Waals surface area contributed by atoms with E-state index in [1.165, 1.54) is 0 Å². The zero-order chi connectivity index (χ0) is 19.1. The SMILES string of the molecule is ClC(Cl)C(Cl)C(Cl)(Cl)C(Cl)(Cl)C(Cl)(Cl)C(Cl)(Cl)C(Cl)OCC1CO1. The van der Waals surface area contributed by atoms with Crippen molar-refractivity contribution in [3.05, 3.63) is 0 Å². The molecule has 0 bridgehead atoms. The first-order valence-corrected chi connectivity index (χ1v) is 10.7. The average Bonchev–Trinajstić information content (AvgIpc) is 3.26. The molecule has 0 aromatic heterocycles. The summed E-state index contributed by atoms with van der Waals surface area (Å²) in [6.45, 7) is 0.601. The van der Waals surface area contributed by atoms with Crippen molar-refractivity contribution in [3.63, 3.8) is 0 Å². The molecular formula is C10H8Cl12O2. The molecule has 0 aromatic rings. The van der Waals surface area contributed by atoms with Crippen molar-refractivity contribution >= 4 is 139 Å². The molecule has 1 aliphatic rings. The highest BCUT2D eigenvalue weighted by molar-refractivity contribution is 6.75. The zero-order valence-electron chi connectivity index (χ0n) is 11.1. The van der Waals surface area contributed by atoms with Crippen LogP contribution >= 0.6 is 139 Å². The molecule has 1 rings (SSSR count). The summed E-state index contributed by atoms with van der Waals surface area (Å²) < 4.78 is 0.665. The van der Waals surface area contributed by atoms with Crippen LogP contribution in [0.4, 0.5) is 0 Å². The van der Waals surface area contributed by atoms with Gasteiger partial charge in [0.25, 0.3) is 0 Å². The van der Waals surface area contributed by atoms with Gasteiger partial charge in [-0.1, -0.05) is 104 Å². The van der Waals surface area contributed by atoms with E-state index in [-0.39, 0.29) is 12.7 Å². The van der Waals surface area contributed by atoms with Gasteiger partial charge in [0.2, 0.25) is 0 Å². The largest absolute Gasteiger partial charge is 0.371 e. The first kappa shape index (κ1) is 25.4. The average molecular weight is 586 g/mol. The summed E-state index contributed by atoms with van der Waals surface area (Å²) in [6, 6.07) is 0. The quantitative estimate of drug-likeness (QED) is 0.213. The van der Waals surface area contributed by atoms with Crippen molar-refractivity contribution < 1.29 is 9.47 Å². The normalized spacial score (nSPS) is 22.6. The molecule has 0 saturated carbocycles. The lowest BCUT2D eigenvalue weighted by Crippen LogP contribution is -2.63. The minimum atomic E-state index is -2.49. The fourth-order valence-electron chi connectivity index (χ4n) is 1.35. The zero-order valence-corrected chi connectivity index (χ0v) is 20.1. The Balaban J connectivity index is 3.07. The van der Waals surface area contributed by atoms with E-state index in [1.807, 2.05) is 0 Å². The Morgan fingerprint density at radius 1 is 0.833 bits per heavy atom. The lowest BCUT2D eigenvalue weighted by Gasteiger charge is -2.48. The van der Waals surface area contributed by atoms with Crippen LogP contribution < -0.4 is 0 Å². The standard InChI is InChI=1S/C10H8Cl12O2/c11-4(5(12)13)7(15,16)9(19,20)10(21,22)8(17,18)6(14)24-2-3-1-23-3/h3-6H,1-2H2. The molecule has 0 aromatic carbocycles. The number of hydrogen-bond acceptors (Lipinski definition) is 2. The molecule has 3 unspecified atom stereocenters. The van der Waals surface area contributed by atoms with Crippen LogP contribution in [-0.2, 0) is 9.47 Å². The molecule has 1 aliphatic heterocycles.